The van der Waals surface area contributed by atoms with E-state index in [-0.39, 0.29) is 18.9 Å². The van der Waals surface area contributed by atoms with Crippen LogP contribution in [0.25, 0.3) is 0 Å². The SMILES string of the molecule is CCCCCCCCCCCCCCCCCCCCCCCC/C=C/C(O)C(COC1OC(CO)C(OC2OC(CO)C(O)C(O)C2O)C(O)C1O)NC(=O)CCCCCCCCCCCC. The monoisotopic (exact) mass is 974 g/mol. The van der Waals surface area contributed by atoms with Crippen molar-refractivity contribution in [3.63, 3.8) is 0 Å². The molecule has 0 spiro atoms. The smallest absolute Gasteiger partial charge is 0.220 e. The molecule has 14 heteroatoms. The Labute approximate surface area is 412 Å². The van der Waals surface area contributed by atoms with Gasteiger partial charge in [-0.1, -0.05) is 219 Å². The van der Waals surface area contributed by atoms with E-state index < -0.39 is 86.8 Å². The molecule has 12 atom stereocenters. The summed E-state index contributed by atoms with van der Waals surface area (Å²) in [5, 5.41) is 86.8. The average Bonchev–Trinajstić information content (AvgIpc) is 3.34. The predicted molar refractivity (Wildman–Crippen MR) is 268 cm³/mol. The van der Waals surface area contributed by atoms with Crippen LogP contribution in [0.1, 0.15) is 232 Å². The first-order valence-corrected chi connectivity index (χ1v) is 27.9. The summed E-state index contributed by atoms with van der Waals surface area (Å²) in [6.45, 7) is 2.79. The van der Waals surface area contributed by atoms with Gasteiger partial charge in [0.2, 0.25) is 5.91 Å². The molecule has 68 heavy (non-hydrogen) atoms. The minimum Gasteiger partial charge on any atom is -0.394 e. The molecule has 2 aliphatic heterocycles. The van der Waals surface area contributed by atoms with Gasteiger partial charge in [0.05, 0.1) is 32.0 Å². The Hall–Kier alpha value is -1.27. The lowest BCUT2D eigenvalue weighted by Crippen LogP contribution is -2.65. The van der Waals surface area contributed by atoms with Crippen molar-refractivity contribution in [3.05, 3.63) is 12.2 Å². The van der Waals surface area contributed by atoms with Gasteiger partial charge in [0.1, 0.15) is 48.8 Å². The Morgan fingerprint density at radius 2 is 0.912 bits per heavy atom. The number of aliphatic hydroxyl groups excluding tert-OH is 8. The topological polar surface area (TPSA) is 228 Å². The van der Waals surface area contributed by atoms with Gasteiger partial charge in [-0.2, -0.15) is 0 Å². The first-order valence-electron chi connectivity index (χ1n) is 27.9. The normalized spacial score (nSPS) is 26.4. The number of ether oxygens (including phenoxy) is 4. The van der Waals surface area contributed by atoms with Gasteiger partial charge in [0.25, 0.3) is 0 Å². The van der Waals surface area contributed by atoms with E-state index in [1.165, 1.54) is 167 Å². The Morgan fingerprint density at radius 1 is 0.515 bits per heavy atom. The molecule has 2 rings (SSSR count). The van der Waals surface area contributed by atoms with Crippen LogP contribution in [0.4, 0.5) is 0 Å². The number of nitrogens with one attached hydrogen (secondary N) is 1. The third kappa shape index (κ3) is 27.5. The highest BCUT2D eigenvalue weighted by molar-refractivity contribution is 5.76. The number of rotatable bonds is 44. The zero-order valence-electron chi connectivity index (χ0n) is 42.9. The highest BCUT2D eigenvalue weighted by atomic mass is 16.7. The van der Waals surface area contributed by atoms with Gasteiger partial charge in [-0.25, -0.2) is 0 Å². The van der Waals surface area contributed by atoms with Crippen molar-refractivity contribution in [2.75, 3.05) is 19.8 Å². The van der Waals surface area contributed by atoms with Crippen LogP contribution >= 0.6 is 0 Å². The fourth-order valence-corrected chi connectivity index (χ4v) is 9.41. The minimum absolute atomic E-state index is 0.239. The largest absolute Gasteiger partial charge is 0.394 e. The zero-order valence-corrected chi connectivity index (χ0v) is 42.9. The van der Waals surface area contributed by atoms with Crippen molar-refractivity contribution in [1.82, 2.24) is 5.32 Å². The van der Waals surface area contributed by atoms with E-state index in [2.05, 4.69) is 19.2 Å². The maximum Gasteiger partial charge on any atom is 0.220 e. The molecule has 1 amide bonds. The van der Waals surface area contributed by atoms with Crippen molar-refractivity contribution in [2.24, 2.45) is 0 Å². The molecular weight excluding hydrogens is 871 g/mol. The van der Waals surface area contributed by atoms with E-state index >= 15 is 0 Å². The number of aliphatic hydroxyl groups is 8. The summed E-state index contributed by atoms with van der Waals surface area (Å²) in [6.07, 6.45) is 28.4. The molecule has 2 saturated heterocycles. The van der Waals surface area contributed by atoms with Crippen LogP contribution in [0.2, 0.25) is 0 Å². The van der Waals surface area contributed by atoms with Gasteiger partial charge >= 0.3 is 0 Å². The van der Waals surface area contributed by atoms with E-state index in [1.54, 1.807) is 6.08 Å². The molecule has 0 aromatic carbocycles. The molecule has 0 saturated carbocycles. The highest BCUT2D eigenvalue weighted by Crippen LogP contribution is 2.30. The fraction of sp³-hybridized carbons (Fsp3) is 0.944. The third-order valence-corrected chi connectivity index (χ3v) is 14.0. The molecule has 14 nitrogen and oxygen atoms in total. The number of hydrogen-bond donors (Lipinski definition) is 9. The van der Waals surface area contributed by atoms with Gasteiger partial charge < -0.3 is 65.1 Å². The summed E-state index contributed by atoms with van der Waals surface area (Å²) in [7, 11) is 0. The molecule has 0 bridgehead atoms. The van der Waals surface area contributed by atoms with Gasteiger partial charge in [0.15, 0.2) is 12.6 Å². The molecular formula is C54H103NO13. The highest BCUT2D eigenvalue weighted by Gasteiger charge is 2.51. The van der Waals surface area contributed by atoms with Crippen LogP contribution in [0, 0.1) is 0 Å². The van der Waals surface area contributed by atoms with Gasteiger partial charge in [-0.3, -0.25) is 4.79 Å². The van der Waals surface area contributed by atoms with Crippen LogP contribution < -0.4 is 5.32 Å². The second kappa shape index (κ2) is 41.2. The Morgan fingerprint density at radius 3 is 1.35 bits per heavy atom. The van der Waals surface area contributed by atoms with E-state index in [0.717, 1.165) is 38.5 Å². The lowest BCUT2D eigenvalue weighted by Gasteiger charge is -2.46. The first-order chi connectivity index (χ1) is 33.1. The van der Waals surface area contributed by atoms with Gasteiger partial charge in [0, 0.05) is 6.42 Å². The van der Waals surface area contributed by atoms with Crippen LogP contribution in [0.3, 0.4) is 0 Å². The molecule has 0 aromatic rings. The van der Waals surface area contributed by atoms with Crippen molar-refractivity contribution in [3.8, 4) is 0 Å². The second-order valence-electron chi connectivity index (χ2n) is 20.1. The predicted octanol–water partition coefficient (Wildman–Crippen LogP) is 8.33. The number of allylic oxidation sites excluding steroid dienone is 1. The first kappa shape index (κ1) is 62.8. The minimum atomic E-state index is -1.78. The van der Waals surface area contributed by atoms with E-state index in [4.69, 9.17) is 18.9 Å². The Kier molecular flexibility index (Phi) is 38.1. The van der Waals surface area contributed by atoms with Crippen LogP contribution in [-0.4, -0.2) is 140 Å². The lowest BCUT2D eigenvalue weighted by molar-refractivity contribution is -0.359. The molecule has 0 aromatic heterocycles. The molecule has 2 fully saturated rings. The summed E-state index contributed by atoms with van der Waals surface area (Å²) < 4.78 is 22.7. The third-order valence-electron chi connectivity index (χ3n) is 14.0. The number of carbonyl (C=O) groups excluding carboxylic acids is 1. The molecule has 2 heterocycles. The Bertz CT molecular complexity index is 1200. The average molecular weight is 974 g/mol. The Balaban J connectivity index is 1.74. The summed E-state index contributed by atoms with van der Waals surface area (Å²) in [6, 6.07) is -0.907. The number of amides is 1. The molecule has 2 aliphatic rings. The second-order valence-corrected chi connectivity index (χ2v) is 20.1. The maximum absolute atomic E-state index is 13.1. The quantitative estimate of drug-likeness (QED) is 0.0207. The van der Waals surface area contributed by atoms with Crippen molar-refractivity contribution in [1.29, 1.82) is 0 Å². The van der Waals surface area contributed by atoms with Crippen LogP contribution in [-0.2, 0) is 23.7 Å². The van der Waals surface area contributed by atoms with Gasteiger partial charge in [-0.05, 0) is 19.3 Å². The molecule has 9 N–H and O–H groups in total. The molecule has 402 valence electrons. The van der Waals surface area contributed by atoms with Crippen LogP contribution in [0.5, 0.6) is 0 Å². The molecule has 0 aliphatic carbocycles. The number of hydrogen-bond acceptors (Lipinski definition) is 13. The van der Waals surface area contributed by atoms with E-state index in [1.807, 2.05) is 6.08 Å². The van der Waals surface area contributed by atoms with E-state index in [0.29, 0.717) is 6.42 Å². The van der Waals surface area contributed by atoms with Crippen LogP contribution in [0.15, 0.2) is 12.2 Å². The summed E-state index contributed by atoms with van der Waals surface area (Å²) >= 11 is 0. The lowest BCUT2D eigenvalue weighted by atomic mass is 9.97. The standard InChI is InChI=1S/C54H103NO13/c1-3-5-7-9-11-13-15-16-17-18-19-20-21-22-23-24-25-26-27-28-29-31-33-35-37-43(58)42(55-46(59)38-36-34-32-30-14-12-10-8-6-4-2)41-65-53-51(64)49(62)52(45(40-57)67-53)68-54-50(63)48(61)47(60)44(39-56)66-54/h35,37,42-45,47-54,56-58,60-64H,3-34,36,38-41H2,1-2H3,(H,55,59)/b37-35+. The fourth-order valence-electron chi connectivity index (χ4n) is 9.41. The zero-order chi connectivity index (χ0) is 49.6. The van der Waals surface area contributed by atoms with Crippen molar-refractivity contribution >= 4 is 5.91 Å². The maximum atomic E-state index is 13.1. The number of carbonyl (C=O) groups is 1. The van der Waals surface area contributed by atoms with E-state index in [9.17, 15) is 45.6 Å². The number of unbranched alkanes of at least 4 members (excludes halogenated alkanes) is 31. The van der Waals surface area contributed by atoms with Crippen molar-refractivity contribution < 1.29 is 64.6 Å². The summed E-state index contributed by atoms with van der Waals surface area (Å²) in [4.78, 5) is 13.1. The molecule has 12 unspecified atom stereocenters. The summed E-state index contributed by atoms with van der Waals surface area (Å²) in [5.74, 6) is -0.239. The molecule has 0 radical (unpaired) electrons. The van der Waals surface area contributed by atoms with Gasteiger partial charge in [-0.15, -0.1) is 0 Å². The van der Waals surface area contributed by atoms with Crippen molar-refractivity contribution in [2.45, 2.75) is 306 Å². The summed E-state index contributed by atoms with van der Waals surface area (Å²) in [5.41, 5.74) is 0.